The van der Waals surface area contributed by atoms with Gasteiger partial charge in [0.05, 0.1) is 6.54 Å². The van der Waals surface area contributed by atoms with E-state index in [-0.39, 0.29) is 6.42 Å². The van der Waals surface area contributed by atoms with Crippen LogP contribution in [0.15, 0.2) is 4.52 Å². The number of aliphatic carboxylic acids is 1. The lowest BCUT2D eigenvalue weighted by Crippen LogP contribution is -2.35. The molecule has 1 aliphatic rings. The molecule has 2 heterocycles. The van der Waals surface area contributed by atoms with Crippen molar-refractivity contribution < 1.29 is 14.4 Å². The van der Waals surface area contributed by atoms with E-state index in [9.17, 15) is 4.79 Å². The van der Waals surface area contributed by atoms with Gasteiger partial charge in [0, 0.05) is 19.4 Å². The summed E-state index contributed by atoms with van der Waals surface area (Å²) in [4.78, 5) is 17.3. The maximum Gasteiger partial charge on any atom is 0.303 e. The molecule has 1 atom stereocenters. The Bertz CT molecular complexity index is 433. The zero-order valence-corrected chi connectivity index (χ0v) is 12.0. The monoisotopic (exact) mass is 281 g/mol. The number of hydrogen-bond donors (Lipinski definition) is 1. The fourth-order valence-corrected chi connectivity index (χ4v) is 2.73. The van der Waals surface area contributed by atoms with Crippen LogP contribution in [-0.4, -0.2) is 39.2 Å². The minimum Gasteiger partial charge on any atom is -0.481 e. The first-order chi connectivity index (χ1) is 9.67. The second kappa shape index (κ2) is 7.38. The number of carboxylic acids is 1. The molecule has 6 nitrogen and oxygen atoms in total. The molecule has 6 heteroatoms. The van der Waals surface area contributed by atoms with E-state index in [1.54, 1.807) is 0 Å². The highest BCUT2D eigenvalue weighted by Gasteiger charge is 2.22. The molecule has 0 bridgehead atoms. The largest absolute Gasteiger partial charge is 0.481 e. The minimum atomic E-state index is -0.705. The summed E-state index contributed by atoms with van der Waals surface area (Å²) in [5.74, 6) is 1.22. The topological polar surface area (TPSA) is 79.5 Å². The molecule has 2 rings (SSSR count). The summed E-state index contributed by atoms with van der Waals surface area (Å²) in [6.07, 6.45) is 5.12. The third-order valence-corrected chi connectivity index (χ3v) is 3.71. The zero-order valence-electron chi connectivity index (χ0n) is 12.0. The van der Waals surface area contributed by atoms with E-state index in [2.05, 4.69) is 22.0 Å². The van der Waals surface area contributed by atoms with Crippen LogP contribution in [-0.2, 0) is 17.8 Å². The lowest BCUT2D eigenvalue weighted by molar-refractivity contribution is -0.137. The SMILES string of the molecule is CCCc1noc(CN2CCCC(CCC(=O)O)C2)n1. The quantitative estimate of drug-likeness (QED) is 0.824. The highest BCUT2D eigenvalue weighted by Crippen LogP contribution is 2.22. The Labute approximate surface area is 119 Å². The van der Waals surface area contributed by atoms with Gasteiger partial charge in [0.15, 0.2) is 5.82 Å². The molecule has 1 aromatic heterocycles. The van der Waals surface area contributed by atoms with Gasteiger partial charge in [-0.3, -0.25) is 9.69 Å². The number of carbonyl (C=O) groups is 1. The second-order valence-electron chi connectivity index (χ2n) is 5.53. The van der Waals surface area contributed by atoms with Crippen molar-refractivity contribution in [2.24, 2.45) is 5.92 Å². The van der Waals surface area contributed by atoms with Crippen LogP contribution < -0.4 is 0 Å². The maximum atomic E-state index is 10.6. The van der Waals surface area contributed by atoms with Gasteiger partial charge in [0.25, 0.3) is 0 Å². The minimum absolute atomic E-state index is 0.264. The molecule has 1 unspecified atom stereocenters. The predicted octanol–water partition coefficient (Wildman–Crippen LogP) is 2.10. The first kappa shape index (κ1) is 15.0. The molecule has 0 saturated carbocycles. The first-order valence-corrected chi connectivity index (χ1v) is 7.43. The fraction of sp³-hybridized carbons (Fsp3) is 0.786. The summed E-state index contributed by atoms with van der Waals surface area (Å²) in [5, 5.41) is 12.7. The van der Waals surface area contributed by atoms with Crippen LogP contribution in [0.4, 0.5) is 0 Å². The summed E-state index contributed by atoms with van der Waals surface area (Å²) >= 11 is 0. The number of aromatic nitrogens is 2. The molecule has 1 fully saturated rings. The number of carboxylic acid groups (broad SMARTS) is 1. The van der Waals surface area contributed by atoms with E-state index < -0.39 is 5.97 Å². The van der Waals surface area contributed by atoms with Gasteiger partial charge in [0.1, 0.15) is 0 Å². The Morgan fingerprint density at radius 3 is 3.15 bits per heavy atom. The Balaban J connectivity index is 1.80. The van der Waals surface area contributed by atoms with Crippen molar-refractivity contribution in [2.75, 3.05) is 13.1 Å². The third kappa shape index (κ3) is 4.59. The Morgan fingerprint density at radius 2 is 2.40 bits per heavy atom. The summed E-state index contributed by atoms with van der Waals surface area (Å²) < 4.78 is 5.26. The van der Waals surface area contributed by atoms with Crippen molar-refractivity contribution in [2.45, 2.75) is 52.0 Å². The molecule has 0 radical (unpaired) electrons. The van der Waals surface area contributed by atoms with Crippen LogP contribution in [0.1, 0.15) is 50.7 Å². The van der Waals surface area contributed by atoms with E-state index in [4.69, 9.17) is 9.63 Å². The van der Waals surface area contributed by atoms with E-state index in [0.717, 1.165) is 51.0 Å². The van der Waals surface area contributed by atoms with Crippen molar-refractivity contribution in [3.05, 3.63) is 11.7 Å². The second-order valence-corrected chi connectivity index (χ2v) is 5.53. The average molecular weight is 281 g/mol. The van der Waals surface area contributed by atoms with Crippen molar-refractivity contribution >= 4 is 5.97 Å². The van der Waals surface area contributed by atoms with Crippen LogP contribution in [0.3, 0.4) is 0 Å². The molecule has 1 aliphatic heterocycles. The lowest BCUT2D eigenvalue weighted by Gasteiger charge is -2.31. The Kier molecular flexibility index (Phi) is 5.52. The molecule has 112 valence electrons. The zero-order chi connectivity index (χ0) is 14.4. The van der Waals surface area contributed by atoms with Gasteiger partial charge in [-0.2, -0.15) is 4.98 Å². The van der Waals surface area contributed by atoms with Crippen LogP contribution in [0.25, 0.3) is 0 Å². The standard InChI is InChI=1S/C14H23N3O3/c1-2-4-12-15-13(20-16-12)10-17-8-3-5-11(9-17)6-7-14(18)19/h11H,2-10H2,1H3,(H,18,19). The summed E-state index contributed by atoms with van der Waals surface area (Å²) in [6, 6.07) is 0. The molecule has 20 heavy (non-hydrogen) atoms. The summed E-state index contributed by atoms with van der Waals surface area (Å²) in [7, 11) is 0. The van der Waals surface area contributed by atoms with Crippen molar-refractivity contribution in [3.8, 4) is 0 Å². The molecule has 0 spiro atoms. The maximum absolute atomic E-state index is 10.6. The summed E-state index contributed by atoms with van der Waals surface area (Å²) in [5.41, 5.74) is 0. The normalized spacial score (nSPS) is 20.1. The highest BCUT2D eigenvalue weighted by atomic mass is 16.5. The summed E-state index contributed by atoms with van der Waals surface area (Å²) in [6.45, 7) is 4.72. The highest BCUT2D eigenvalue weighted by molar-refractivity contribution is 5.66. The van der Waals surface area contributed by atoms with Gasteiger partial charge in [-0.05, 0) is 38.1 Å². The number of piperidine rings is 1. The number of rotatable bonds is 7. The molecule has 0 aliphatic carbocycles. The van der Waals surface area contributed by atoms with Gasteiger partial charge in [-0.25, -0.2) is 0 Å². The van der Waals surface area contributed by atoms with Crippen molar-refractivity contribution in [1.82, 2.24) is 15.0 Å². The number of aryl methyl sites for hydroxylation is 1. The third-order valence-electron chi connectivity index (χ3n) is 3.71. The van der Waals surface area contributed by atoms with Crippen LogP contribution in [0, 0.1) is 5.92 Å². The van der Waals surface area contributed by atoms with Gasteiger partial charge in [0.2, 0.25) is 5.89 Å². The van der Waals surface area contributed by atoms with Gasteiger partial charge in [-0.1, -0.05) is 12.1 Å². The molecular weight excluding hydrogens is 258 g/mol. The number of nitrogens with zero attached hydrogens (tertiary/aromatic N) is 3. The van der Waals surface area contributed by atoms with Crippen molar-refractivity contribution in [1.29, 1.82) is 0 Å². The molecule has 1 aromatic rings. The van der Waals surface area contributed by atoms with Crippen LogP contribution >= 0.6 is 0 Å². The average Bonchev–Trinajstić information content (AvgIpc) is 2.85. The van der Waals surface area contributed by atoms with E-state index in [1.807, 2.05) is 0 Å². The fourth-order valence-electron chi connectivity index (χ4n) is 2.73. The Morgan fingerprint density at radius 1 is 1.55 bits per heavy atom. The van der Waals surface area contributed by atoms with Crippen LogP contribution in [0.2, 0.25) is 0 Å². The lowest BCUT2D eigenvalue weighted by atomic mass is 9.93. The van der Waals surface area contributed by atoms with E-state index >= 15 is 0 Å². The number of likely N-dealkylation sites (tertiary alicyclic amines) is 1. The number of hydrogen-bond acceptors (Lipinski definition) is 5. The van der Waals surface area contributed by atoms with Gasteiger partial charge >= 0.3 is 5.97 Å². The molecule has 0 amide bonds. The smallest absolute Gasteiger partial charge is 0.303 e. The molecule has 0 aromatic carbocycles. The van der Waals surface area contributed by atoms with Gasteiger partial charge < -0.3 is 9.63 Å². The Hall–Kier alpha value is -1.43. The van der Waals surface area contributed by atoms with Gasteiger partial charge in [-0.15, -0.1) is 0 Å². The van der Waals surface area contributed by atoms with Crippen LogP contribution in [0.5, 0.6) is 0 Å². The van der Waals surface area contributed by atoms with Crippen molar-refractivity contribution in [3.63, 3.8) is 0 Å². The first-order valence-electron chi connectivity index (χ1n) is 7.43. The van der Waals surface area contributed by atoms with E-state index in [0.29, 0.717) is 18.4 Å². The van der Waals surface area contributed by atoms with E-state index in [1.165, 1.54) is 0 Å². The molecule has 1 saturated heterocycles. The molecular formula is C14H23N3O3. The molecule has 1 N–H and O–H groups in total. The predicted molar refractivity (Wildman–Crippen MR) is 73.2 cm³/mol.